The van der Waals surface area contributed by atoms with Gasteiger partial charge in [0, 0.05) is 50.4 Å². The van der Waals surface area contributed by atoms with Gasteiger partial charge in [-0.05, 0) is 42.5 Å². The fraction of sp³-hybridized carbons (Fsp3) is 0.619. The minimum Gasteiger partial charge on any atom is -0.377 e. The Bertz CT molecular complexity index is 649. The quantitative estimate of drug-likeness (QED) is 0.769. The van der Waals surface area contributed by atoms with E-state index >= 15 is 0 Å². The molecule has 1 aromatic carbocycles. The number of hydrogen-bond donors (Lipinski definition) is 1. The predicted octanol–water partition coefficient (Wildman–Crippen LogP) is 3.74. The number of nitrogens with zero attached hydrogens (tertiary/aromatic N) is 2. The molecule has 0 heterocycles. The number of carbonyl (C=O) groups is 2. The van der Waals surface area contributed by atoms with Crippen LogP contribution in [0.4, 0.5) is 11.4 Å². The maximum atomic E-state index is 12.7. The highest BCUT2D eigenvalue weighted by molar-refractivity contribution is 5.92. The molecule has 0 atom stereocenters. The van der Waals surface area contributed by atoms with Crippen LogP contribution >= 0.6 is 0 Å². The van der Waals surface area contributed by atoms with Crippen LogP contribution in [0.3, 0.4) is 0 Å². The van der Waals surface area contributed by atoms with Gasteiger partial charge >= 0.3 is 0 Å². The largest absolute Gasteiger partial charge is 0.377 e. The number of nitrogens with one attached hydrogen (secondary N) is 1. The van der Waals surface area contributed by atoms with E-state index in [1.54, 1.807) is 0 Å². The molecule has 0 radical (unpaired) electrons. The second-order valence-corrected chi connectivity index (χ2v) is 8.20. The van der Waals surface area contributed by atoms with E-state index in [0.717, 1.165) is 23.5 Å². The maximum Gasteiger partial charge on any atom is 0.226 e. The van der Waals surface area contributed by atoms with Gasteiger partial charge in [0.15, 0.2) is 0 Å². The molecule has 0 aliphatic heterocycles. The summed E-state index contributed by atoms with van der Waals surface area (Å²) in [4.78, 5) is 28.8. The van der Waals surface area contributed by atoms with Gasteiger partial charge < -0.3 is 15.1 Å². The van der Waals surface area contributed by atoms with Crippen molar-refractivity contribution in [1.82, 2.24) is 4.90 Å². The fourth-order valence-electron chi connectivity index (χ4n) is 2.93. The predicted molar refractivity (Wildman–Crippen MR) is 107 cm³/mol. The Morgan fingerprint density at radius 1 is 1.12 bits per heavy atom. The van der Waals surface area contributed by atoms with Crippen molar-refractivity contribution < 1.29 is 9.59 Å². The molecule has 1 saturated carbocycles. The normalized spacial score (nSPS) is 13.8. The minimum absolute atomic E-state index is 0.00152. The Morgan fingerprint density at radius 3 is 2.27 bits per heavy atom. The van der Waals surface area contributed by atoms with Gasteiger partial charge in [-0.2, -0.15) is 0 Å². The second kappa shape index (κ2) is 8.56. The lowest BCUT2D eigenvalue weighted by Gasteiger charge is -2.27. The smallest absolute Gasteiger partial charge is 0.226 e. The van der Waals surface area contributed by atoms with E-state index in [-0.39, 0.29) is 23.7 Å². The standard InChI is InChI=1S/C21H33N3O2/c1-14(2)20(25)22-18-9-10-19(23(5)6)17(11-18)13-24(12-16-7-8-16)21(26)15(3)4/h9-11,14-16H,7-8,12-13H2,1-6H3,(H,22,25). The van der Waals surface area contributed by atoms with Crippen LogP contribution in [0.5, 0.6) is 0 Å². The number of carbonyl (C=O) groups excluding carboxylic acids is 2. The minimum atomic E-state index is -0.0686. The summed E-state index contributed by atoms with van der Waals surface area (Å²) in [6.07, 6.45) is 2.43. The van der Waals surface area contributed by atoms with Crippen LogP contribution in [0.15, 0.2) is 18.2 Å². The Balaban J connectivity index is 2.27. The van der Waals surface area contributed by atoms with Gasteiger partial charge in [-0.25, -0.2) is 0 Å². The van der Waals surface area contributed by atoms with Crippen molar-refractivity contribution in [2.24, 2.45) is 17.8 Å². The molecule has 5 heteroatoms. The average molecular weight is 360 g/mol. The third-order valence-corrected chi connectivity index (χ3v) is 4.70. The number of hydrogen-bond acceptors (Lipinski definition) is 3. The first-order chi connectivity index (χ1) is 12.2. The van der Waals surface area contributed by atoms with Crippen molar-refractivity contribution in [1.29, 1.82) is 0 Å². The highest BCUT2D eigenvalue weighted by Gasteiger charge is 2.28. The van der Waals surface area contributed by atoms with E-state index in [4.69, 9.17) is 0 Å². The fourth-order valence-corrected chi connectivity index (χ4v) is 2.93. The molecular formula is C21H33N3O2. The summed E-state index contributed by atoms with van der Waals surface area (Å²) in [5, 5.41) is 2.97. The van der Waals surface area contributed by atoms with Gasteiger partial charge in [0.1, 0.15) is 0 Å². The van der Waals surface area contributed by atoms with Crippen molar-refractivity contribution in [2.75, 3.05) is 30.9 Å². The van der Waals surface area contributed by atoms with Gasteiger partial charge in [-0.3, -0.25) is 9.59 Å². The molecule has 26 heavy (non-hydrogen) atoms. The van der Waals surface area contributed by atoms with E-state index in [9.17, 15) is 9.59 Å². The summed E-state index contributed by atoms with van der Waals surface area (Å²) in [5.41, 5.74) is 2.92. The summed E-state index contributed by atoms with van der Waals surface area (Å²) in [7, 11) is 4.00. The van der Waals surface area contributed by atoms with Gasteiger partial charge in [0.2, 0.25) is 11.8 Å². The molecule has 144 valence electrons. The van der Waals surface area contributed by atoms with Crippen LogP contribution in [0.25, 0.3) is 0 Å². The number of anilines is 2. The molecule has 0 bridgehead atoms. The van der Waals surface area contributed by atoms with E-state index in [1.165, 1.54) is 12.8 Å². The van der Waals surface area contributed by atoms with Gasteiger partial charge in [-0.1, -0.05) is 27.7 Å². The van der Waals surface area contributed by atoms with E-state index in [1.807, 2.05) is 64.9 Å². The van der Waals surface area contributed by atoms with Crippen molar-refractivity contribution in [3.8, 4) is 0 Å². The Morgan fingerprint density at radius 2 is 1.77 bits per heavy atom. The molecule has 5 nitrogen and oxygen atoms in total. The number of rotatable bonds is 8. The molecule has 0 aromatic heterocycles. The van der Waals surface area contributed by atoms with E-state index < -0.39 is 0 Å². The molecule has 1 N–H and O–H groups in total. The molecule has 0 spiro atoms. The molecule has 1 aromatic rings. The van der Waals surface area contributed by atoms with Gasteiger partial charge in [-0.15, -0.1) is 0 Å². The van der Waals surface area contributed by atoms with Gasteiger partial charge in [0.05, 0.1) is 0 Å². The molecule has 1 fully saturated rings. The number of amides is 2. The first-order valence-electron chi connectivity index (χ1n) is 9.59. The summed E-state index contributed by atoms with van der Waals surface area (Å²) < 4.78 is 0. The molecule has 0 saturated heterocycles. The van der Waals surface area contributed by atoms with Crippen LogP contribution in [0, 0.1) is 17.8 Å². The zero-order valence-corrected chi connectivity index (χ0v) is 17.0. The van der Waals surface area contributed by atoms with Crippen molar-refractivity contribution >= 4 is 23.2 Å². The summed E-state index contributed by atoms with van der Waals surface area (Å²) in [6, 6.07) is 5.94. The van der Waals surface area contributed by atoms with Crippen LogP contribution < -0.4 is 10.2 Å². The SMILES string of the molecule is CC(C)C(=O)Nc1ccc(N(C)C)c(CN(CC2CC2)C(=O)C(C)C)c1. The van der Waals surface area contributed by atoms with Crippen molar-refractivity contribution in [3.05, 3.63) is 23.8 Å². The lowest BCUT2D eigenvalue weighted by Crippen LogP contribution is -2.35. The molecule has 1 aliphatic carbocycles. The third kappa shape index (κ3) is 5.48. The molecular weight excluding hydrogens is 326 g/mol. The van der Waals surface area contributed by atoms with Crippen LogP contribution in [-0.2, 0) is 16.1 Å². The van der Waals surface area contributed by atoms with Crippen LogP contribution in [0.2, 0.25) is 0 Å². The van der Waals surface area contributed by atoms with Crippen LogP contribution in [0.1, 0.15) is 46.1 Å². The number of benzene rings is 1. The molecule has 0 unspecified atom stereocenters. The molecule has 2 rings (SSSR count). The first-order valence-corrected chi connectivity index (χ1v) is 9.59. The zero-order valence-electron chi connectivity index (χ0n) is 17.0. The summed E-state index contributed by atoms with van der Waals surface area (Å²) in [5.74, 6) is 0.755. The average Bonchev–Trinajstić information content (AvgIpc) is 3.37. The Labute approximate surface area is 157 Å². The third-order valence-electron chi connectivity index (χ3n) is 4.70. The van der Waals surface area contributed by atoms with Gasteiger partial charge in [0.25, 0.3) is 0 Å². The van der Waals surface area contributed by atoms with Crippen LogP contribution in [-0.4, -0.2) is 37.4 Å². The van der Waals surface area contributed by atoms with E-state index in [2.05, 4.69) is 10.2 Å². The zero-order chi connectivity index (χ0) is 19.4. The summed E-state index contributed by atoms with van der Waals surface area (Å²) >= 11 is 0. The maximum absolute atomic E-state index is 12.7. The molecule has 1 aliphatic rings. The lowest BCUT2D eigenvalue weighted by atomic mass is 10.1. The summed E-state index contributed by atoms with van der Waals surface area (Å²) in [6.45, 7) is 9.06. The monoisotopic (exact) mass is 359 g/mol. The molecule has 2 amide bonds. The topological polar surface area (TPSA) is 52.7 Å². The Kier molecular flexibility index (Phi) is 6.68. The van der Waals surface area contributed by atoms with Crippen molar-refractivity contribution in [2.45, 2.75) is 47.1 Å². The lowest BCUT2D eigenvalue weighted by molar-refractivity contribution is -0.135. The Hall–Kier alpha value is -2.04. The van der Waals surface area contributed by atoms with E-state index in [0.29, 0.717) is 12.5 Å². The highest BCUT2D eigenvalue weighted by Crippen LogP contribution is 2.32. The van der Waals surface area contributed by atoms with Crippen molar-refractivity contribution in [3.63, 3.8) is 0 Å². The second-order valence-electron chi connectivity index (χ2n) is 8.20. The highest BCUT2D eigenvalue weighted by atomic mass is 16.2. The first kappa shape index (κ1) is 20.3.